The van der Waals surface area contributed by atoms with Crippen LogP contribution in [0.25, 0.3) is 10.9 Å². The number of benzene rings is 2. The molecule has 2 aromatic carbocycles. The minimum Gasteiger partial charge on any atom is -0.348 e. The van der Waals surface area contributed by atoms with E-state index in [1.54, 1.807) is 6.20 Å². The summed E-state index contributed by atoms with van der Waals surface area (Å²) in [5.74, 6) is 0.471. The van der Waals surface area contributed by atoms with E-state index in [0.717, 1.165) is 50.2 Å². The lowest BCUT2D eigenvalue weighted by atomic mass is 9.64. The highest BCUT2D eigenvalue weighted by Gasteiger charge is 2.55. The van der Waals surface area contributed by atoms with Gasteiger partial charge in [0.05, 0.1) is 5.52 Å². The molecule has 4 fully saturated rings. The Balaban J connectivity index is 1.37. The van der Waals surface area contributed by atoms with Crippen molar-refractivity contribution in [2.45, 2.75) is 11.5 Å². The molecule has 152 valence electrons. The Kier molecular flexibility index (Phi) is 4.15. The number of rotatable bonds is 3. The third-order valence-corrected chi connectivity index (χ3v) is 7.30. The van der Waals surface area contributed by atoms with E-state index in [2.05, 4.69) is 50.4 Å². The first-order valence-electron chi connectivity index (χ1n) is 10.9. The molecule has 5 heterocycles. The fourth-order valence-corrected chi connectivity index (χ4v) is 6.01. The SMILES string of the molecule is O=C(NC1C2CN3CCN(C2)CC1(c1ccccc1)C3)c1ccc2ncccc2c1. The second-order valence-corrected chi connectivity index (χ2v) is 9.11. The number of piperidine rings is 2. The highest BCUT2D eigenvalue weighted by atomic mass is 16.1. The zero-order chi connectivity index (χ0) is 20.1. The summed E-state index contributed by atoms with van der Waals surface area (Å²) < 4.78 is 0. The number of nitrogens with zero attached hydrogens (tertiary/aromatic N) is 3. The molecule has 1 N–H and O–H groups in total. The molecule has 0 aliphatic carbocycles. The molecule has 0 spiro atoms. The number of carbonyl (C=O) groups excluding carboxylic acids is 1. The molecule has 1 aromatic heterocycles. The standard InChI is InChI=1S/C25H26N4O/c30-24(19-8-9-22-18(13-19)5-4-10-26-22)27-23-20-14-28-11-12-29(15-20)17-25(23,16-28)21-6-2-1-3-7-21/h1-10,13,20,23H,11-12,14-17H2,(H,27,30). The normalized spacial score (nSPS) is 32.1. The Hall–Kier alpha value is -2.76. The maximum atomic E-state index is 13.4. The number of pyridine rings is 1. The van der Waals surface area contributed by atoms with E-state index in [4.69, 9.17) is 0 Å². The van der Waals surface area contributed by atoms with Crippen molar-refractivity contribution in [2.24, 2.45) is 5.92 Å². The number of fused-ring (bicyclic) bond motifs is 2. The molecule has 4 aliphatic heterocycles. The summed E-state index contributed by atoms with van der Waals surface area (Å²) >= 11 is 0. The van der Waals surface area contributed by atoms with Gasteiger partial charge in [0.25, 0.3) is 5.91 Å². The Bertz CT molecular complexity index is 1080. The third-order valence-electron chi connectivity index (χ3n) is 7.30. The van der Waals surface area contributed by atoms with Gasteiger partial charge in [0, 0.05) is 73.8 Å². The first kappa shape index (κ1) is 18.0. The van der Waals surface area contributed by atoms with Gasteiger partial charge in [-0.25, -0.2) is 0 Å². The third kappa shape index (κ3) is 2.84. The minimum absolute atomic E-state index is 0.0252. The van der Waals surface area contributed by atoms with Gasteiger partial charge in [-0.15, -0.1) is 0 Å². The highest BCUT2D eigenvalue weighted by molar-refractivity contribution is 5.98. The van der Waals surface area contributed by atoms with E-state index >= 15 is 0 Å². The zero-order valence-corrected chi connectivity index (χ0v) is 17.0. The molecule has 3 atom stereocenters. The van der Waals surface area contributed by atoms with Crippen LogP contribution in [0.2, 0.25) is 0 Å². The summed E-state index contributed by atoms with van der Waals surface area (Å²) in [4.78, 5) is 23.0. The van der Waals surface area contributed by atoms with E-state index in [9.17, 15) is 4.79 Å². The van der Waals surface area contributed by atoms with Crippen molar-refractivity contribution in [3.05, 3.63) is 78.0 Å². The van der Waals surface area contributed by atoms with Crippen LogP contribution in [-0.4, -0.2) is 66.0 Å². The van der Waals surface area contributed by atoms with Crippen molar-refractivity contribution in [2.75, 3.05) is 39.3 Å². The van der Waals surface area contributed by atoms with Crippen LogP contribution >= 0.6 is 0 Å². The van der Waals surface area contributed by atoms with Crippen LogP contribution < -0.4 is 5.32 Å². The number of hydrogen-bond donors (Lipinski definition) is 1. The van der Waals surface area contributed by atoms with E-state index in [-0.39, 0.29) is 17.4 Å². The Morgan fingerprint density at radius 3 is 2.50 bits per heavy atom. The molecule has 1 amide bonds. The van der Waals surface area contributed by atoms with Crippen LogP contribution in [0.4, 0.5) is 0 Å². The van der Waals surface area contributed by atoms with E-state index < -0.39 is 0 Å². The molecule has 4 aliphatic rings. The van der Waals surface area contributed by atoms with Gasteiger partial charge < -0.3 is 15.1 Å². The van der Waals surface area contributed by atoms with Crippen LogP contribution in [0.1, 0.15) is 15.9 Å². The van der Waals surface area contributed by atoms with Gasteiger partial charge >= 0.3 is 0 Å². The van der Waals surface area contributed by atoms with Gasteiger partial charge in [-0.2, -0.15) is 0 Å². The molecule has 4 bridgehead atoms. The molecule has 5 heteroatoms. The van der Waals surface area contributed by atoms with E-state index in [0.29, 0.717) is 11.5 Å². The number of hydrogen-bond acceptors (Lipinski definition) is 4. The molecule has 7 rings (SSSR count). The van der Waals surface area contributed by atoms with Gasteiger partial charge in [0.15, 0.2) is 0 Å². The Morgan fingerprint density at radius 2 is 1.73 bits per heavy atom. The van der Waals surface area contributed by atoms with Gasteiger partial charge in [-0.05, 0) is 29.8 Å². The molecule has 3 aromatic rings. The smallest absolute Gasteiger partial charge is 0.251 e. The molecule has 3 unspecified atom stereocenters. The average molecular weight is 399 g/mol. The van der Waals surface area contributed by atoms with Crippen LogP contribution in [0.5, 0.6) is 0 Å². The lowest BCUT2D eigenvalue weighted by molar-refractivity contribution is 0.0180. The molecule has 0 saturated carbocycles. The number of carbonyl (C=O) groups is 1. The van der Waals surface area contributed by atoms with Crippen molar-refractivity contribution in [3.63, 3.8) is 0 Å². The van der Waals surface area contributed by atoms with Gasteiger partial charge in [0.2, 0.25) is 0 Å². The van der Waals surface area contributed by atoms with Crippen molar-refractivity contribution in [3.8, 4) is 0 Å². The zero-order valence-electron chi connectivity index (χ0n) is 17.0. The van der Waals surface area contributed by atoms with Crippen molar-refractivity contribution in [1.82, 2.24) is 20.1 Å². The molecule has 30 heavy (non-hydrogen) atoms. The molecule has 5 nitrogen and oxygen atoms in total. The monoisotopic (exact) mass is 398 g/mol. The van der Waals surface area contributed by atoms with Gasteiger partial charge in [0.1, 0.15) is 0 Å². The first-order chi connectivity index (χ1) is 14.7. The molecular formula is C25H26N4O. The minimum atomic E-state index is -0.0625. The summed E-state index contributed by atoms with van der Waals surface area (Å²) in [6.07, 6.45) is 1.79. The summed E-state index contributed by atoms with van der Waals surface area (Å²) in [7, 11) is 0. The number of amides is 1. The summed E-state index contributed by atoms with van der Waals surface area (Å²) in [6.45, 7) is 6.41. The first-order valence-corrected chi connectivity index (χ1v) is 10.9. The second-order valence-electron chi connectivity index (χ2n) is 9.11. The van der Waals surface area contributed by atoms with Crippen LogP contribution in [0.15, 0.2) is 66.9 Å². The Morgan fingerprint density at radius 1 is 0.967 bits per heavy atom. The molecular weight excluding hydrogens is 372 g/mol. The van der Waals surface area contributed by atoms with Gasteiger partial charge in [-0.3, -0.25) is 9.78 Å². The fourth-order valence-electron chi connectivity index (χ4n) is 6.01. The fraction of sp³-hybridized carbons (Fsp3) is 0.360. The van der Waals surface area contributed by atoms with Crippen LogP contribution in [-0.2, 0) is 5.41 Å². The predicted molar refractivity (Wildman–Crippen MR) is 117 cm³/mol. The van der Waals surface area contributed by atoms with E-state index in [1.807, 2.05) is 30.3 Å². The molecule has 0 radical (unpaired) electrons. The topological polar surface area (TPSA) is 48.5 Å². The van der Waals surface area contributed by atoms with Crippen LogP contribution in [0, 0.1) is 5.92 Å². The maximum absolute atomic E-state index is 13.4. The van der Waals surface area contributed by atoms with Gasteiger partial charge in [-0.1, -0.05) is 36.4 Å². The van der Waals surface area contributed by atoms with Crippen LogP contribution in [0.3, 0.4) is 0 Å². The average Bonchev–Trinajstić information content (AvgIpc) is 3.04. The lowest BCUT2D eigenvalue weighted by Gasteiger charge is -2.55. The predicted octanol–water partition coefficient (Wildman–Crippen LogP) is 2.53. The highest BCUT2D eigenvalue weighted by Crippen LogP contribution is 2.43. The largest absolute Gasteiger partial charge is 0.348 e. The molecule has 4 saturated heterocycles. The lowest BCUT2D eigenvalue weighted by Crippen LogP contribution is -2.70. The van der Waals surface area contributed by atoms with Crippen molar-refractivity contribution >= 4 is 16.8 Å². The number of nitrogens with one attached hydrogen (secondary N) is 1. The van der Waals surface area contributed by atoms with Crippen molar-refractivity contribution < 1.29 is 4.79 Å². The van der Waals surface area contributed by atoms with E-state index in [1.165, 1.54) is 5.56 Å². The summed E-state index contributed by atoms with van der Waals surface area (Å²) in [6, 6.07) is 20.7. The quantitative estimate of drug-likeness (QED) is 0.737. The summed E-state index contributed by atoms with van der Waals surface area (Å²) in [5.41, 5.74) is 2.92. The number of aromatic nitrogens is 1. The summed E-state index contributed by atoms with van der Waals surface area (Å²) in [5, 5.41) is 4.50. The Labute approximate surface area is 176 Å². The second kappa shape index (κ2) is 6.89. The van der Waals surface area contributed by atoms with Crippen molar-refractivity contribution in [1.29, 1.82) is 0 Å². The maximum Gasteiger partial charge on any atom is 0.251 e.